The van der Waals surface area contributed by atoms with Gasteiger partial charge in [0, 0.05) is 36.7 Å². The lowest BCUT2D eigenvalue weighted by atomic mass is 10.1. The van der Waals surface area contributed by atoms with Crippen LogP contribution in [0.4, 0.5) is 17.1 Å². The lowest BCUT2D eigenvalue weighted by Gasteiger charge is -2.19. The van der Waals surface area contributed by atoms with Crippen LogP contribution in [0, 0.1) is 5.92 Å². The van der Waals surface area contributed by atoms with E-state index in [1.165, 1.54) is 6.92 Å². The Morgan fingerprint density at radius 3 is 2.41 bits per heavy atom. The minimum Gasteiger partial charge on any atom is -0.326 e. The molecule has 2 N–H and O–H groups in total. The second-order valence-corrected chi connectivity index (χ2v) is 7.15. The second kappa shape index (κ2) is 7.75. The SMILES string of the molecule is CC(=O)Nc1cccc(NC(=O)[C@@H]2CC(=O)N(c3cccc4ccccc34)C2)c1. The van der Waals surface area contributed by atoms with Crippen molar-refractivity contribution in [3.63, 3.8) is 0 Å². The molecule has 146 valence electrons. The molecular formula is C23H21N3O3. The molecule has 1 fully saturated rings. The van der Waals surface area contributed by atoms with Gasteiger partial charge < -0.3 is 15.5 Å². The smallest absolute Gasteiger partial charge is 0.229 e. The zero-order valence-electron chi connectivity index (χ0n) is 16.0. The average molecular weight is 387 g/mol. The van der Waals surface area contributed by atoms with Gasteiger partial charge in [-0.25, -0.2) is 0 Å². The zero-order valence-corrected chi connectivity index (χ0v) is 16.0. The summed E-state index contributed by atoms with van der Waals surface area (Å²) in [5.41, 5.74) is 2.02. The number of fused-ring (bicyclic) bond motifs is 1. The monoisotopic (exact) mass is 387 g/mol. The van der Waals surface area contributed by atoms with E-state index in [1.54, 1.807) is 29.2 Å². The fourth-order valence-electron chi connectivity index (χ4n) is 3.68. The van der Waals surface area contributed by atoms with Gasteiger partial charge >= 0.3 is 0 Å². The first-order valence-corrected chi connectivity index (χ1v) is 9.48. The first-order chi connectivity index (χ1) is 14.0. The van der Waals surface area contributed by atoms with E-state index < -0.39 is 5.92 Å². The normalized spacial score (nSPS) is 16.1. The minimum atomic E-state index is -0.439. The van der Waals surface area contributed by atoms with Crippen LogP contribution >= 0.6 is 0 Å². The Kier molecular flexibility index (Phi) is 4.99. The molecule has 0 spiro atoms. The predicted octanol–water partition coefficient (Wildman–Crippen LogP) is 3.79. The van der Waals surface area contributed by atoms with Gasteiger partial charge in [0.05, 0.1) is 11.6 Å². The topological polar surface area (TPSA) is 78.5 Å². The first kappa shape index (κ1) is 18.7. The van der Waals surface area contributed by atoms with E-state index in [0.717, 1.165) is 16.5 Å². The van der Waals surface area contributed by atoms with Gasteiger partial charge in [-0.15, -0.1) is 0 Å². The van der Waals surface area contributed by atoms with Crippen molar-refractivity contribution in [2.75, 3.05) is 22.1 Å². The Morgan fingerprint density at radius 2 is 1.62 bits per heavy atom. The van der Waals surface area contributed by atoms with Crippen molar-refractivity contribution >= 4 is 45.6 Å². The quantitative estimate of drug-likeness (QED) is 0.715. The highest BCUT2D eigenvalue weighted by Crippen LogP contribution is 2.32. The number of nitrogens with zero attached hydrogens (tertiary/aromatic N) is 1. The summed E-state index contributed by atoms with van der Waals surface area (Å²) in [7, 11) is 0. The summed E-state index contributed by atoms with van der Waals surface area (Å²) < 4.78 is 0. The van der Waals surface area contributed by atoms with E-state index in [4.69, 9.17) is 0 Å². The maximum Gasteiger partial charge on any atom is 0.229 e. The van der Waals surface area contributed by atoms with Crippen LogP contribution in [0.1, 0.15) is 13.3 Å². The van der Waals surface area contributed by atoms with Crippen LogP contribution in [0.3, 0.4) is 0 Å². The fourth-order valence-corrected chi connectivity index (χ4v) is 3.68. The lowest BCUT2D eigenvalue weighted by Crippen LogP contribution is -2.28. The molecule has 3 aromatic carbocycles. The molecule has 3 aromatic rings. The molecule has 1 aliphatic rings. The number of hydrogen-bond donors (Lipinski definition) is 2. The highest BCUT2D eigenvalue weighted by atomic mass is 16.2. The summed E-state index contributed by atoms with van der Waals surface area (Å²) in [6, 6.07) is 20.7. The third-order valence-corrected chi connectivity index (χ3v) is 5.00. The summed E-state index contributed by atoms with van der Waals surface area (Å²) in [5, 5.41) is 7.60. The summed E-state index contributed by atoms with van der Waals surface area (Å²) in [6.07, 6.45) is 0.167. The fraction of sp³-hybridized carbons (Fsp3) is 0.174. The lowest BCUT2D eigenvalue weighted by molar-refractivity contribution is -0.122. The number of carbonyl (C=O) groups excluding carboxylic acids is 3. The number of benzene rings is 3. The van der Waals surface area contributed by atoms with Crippen molar-refractivity contribution in [1.82, 2.24) is 0 Å². The van der Waals surface area contributed by atoms with Gasteiger partial charge in [-0.3, -0.25) is 14.4 Å². The largest absolute Gasteiger partial charge is 0.326 e. The van der Waals surface area contributed by atoms with Crippen molar-refractivity contribution in [1.29, 1.82) is 0 Å². The van der Waals surface area contributed by atoms with Gasteiger partial charge in [-0.1, -0.05) is 42.5 Å². The van der Waals surface area contributed by atoms with Gasteiger partial charge in [-0.05, 0) is 29.7 Å². The van der Waals surface area contributed by atoms with Gasteiger partial charge in [-0.2, -0.15) is 0 Å². The number of carbonyl (C=O) groups is 3. The minimum absolute atomic E-state index is 0.0616. The highest BCUT2D eigenvalue weighted by molar-refractivity contribution is 6.08. The molecule has 6 heteroatoms. The number of rotatable bonds is 4. The molecule has 6 nitrogen and oxygen atoms in total. The number of amides is 3. The summed E-state index contributed by atoms with van der Waals surface area (Å²) in [5.74, 6) is -0.888. The molecule has 29 heavy (non-hydrogen) atoms. The van der Waals surface area contributed by atoms with E-state index in [9.17, 15) is 14.4 Å². The number of nitrogens with one attached hydrogen (secondary N) is 2. The standard InChI is InChI=1S/C23H21N3O3/c1-15(27)24-18-8-5-9-19(13-18)25-23(29)17-12-22(28)26(14-17)21-11-4-7-16-6-2-3-10-20(16)21/h2-11,13,17H,12,14H2,1H3,(H,24,27)(H,25,29)/t17-/m1/s1. The van der Waals surface area contributed by atoms with Crippen LogP contribution in [0.15, 0.2) is 66.7 Å². The Labute approximate surface area is 168 Å². The average Bonchev–Trinajstić information content (AvgIpc) is 3.09. The Hall–Kier alpha value is -3.67. The Morgan fingerprint density at radius 1 is 0.931 bits per heavy atom. The number of hydrogen-bond acceptors (Lipinski definition) is 3. The number of anilines is 3. The van der Waals surface area contributed by atoms with Crippen LogP contribution in [0.25, 0.3) is 10.8 Å². The van der Waals surface area contributed by atoms with E-state index in [0.29, 0.717) is 17.9 Å². The van der Waals surface area contributed by atoms with Gasteiger partial charge in [0.2, 0.25) is 17.7 Å². The van der Waals surface area contributed by atoms with Crippen LogP contribution in [-0.2, 0) is 14.4 Å². The molecule has 1 aliphatic heterocycles. The van der Waals surface area contributed by atoms with E-state index in [-0.39, 0.29) is 24.1 Å². The molecular weight excluding hydrogens is 366 g/mol. The molecule has 0 aliphatic carbocycles. The second-order valence-electron chi connectivity index (χ2n) is 7.15. The molecule has 0 bridgehead atoms. The van der Waals surface area contributed by atoms with Crippen molar-refractivity contribution in [3.05, 3.63) is 66.7 Å². The van der Waals surface area contributed by atoms with Crippen LogP contribution < -0.4 is 15.5 Å². The van der Waals surface area contributed by atoms with Crippen molar-refractivity contribution in [2.24, 2.45) is 5.92 Å². The molecule has 0 saturated carbocycles. The van der Waals surface area contributed by atoms with Gasteiger partial charge in [0.1, 0.15) is 0 Å². The van der Waals surface area contributed by atoms with Gasteiger partial charge in [0.25, 0.3) is 0 Å². The predicted molar refractivity (Wildman–Crippen MR) is 114 cm³/mol. The molecule has 1 saturated heterocycles. The van der Waals surface area contributed by atoms with E-state index in [1.807, 2.05) is 42.5 Å². The Bertz CT molecular complexity index is 1100. The summed E-state index contributed by atoms with van der Waals surface area (Å²) in [4.78, 5) is 38.3. The molecule has 1 heterocycles. The van der Waals surface area contributed by atoms with Crippen molar-refractivity contribution in [2.45, 2.75) is 13.3 Å². The van der Waals surface area contributed by atoms with Crippen LogP contribution in [0.2, 0.25) is 0 Å². The third kappa shape index (κ3) is 3.96. The summed E-state index contributed by atoms with van der Waals surface area (Å²) >= 11 is 0. The van der Waals surface area contributed by atoms with Crippen LogP contribution in [-0.4, -0.2) is 24.3 Å². The van der Waals surface area contributed by atoms with Crippen molar-refractivity contribution < 1.29 is 14.4 Å². The highest BCUT2D eigenvalue weighted by Gasteiger charge is 2.35. The molecule has 0 radical (unpaired) electrons. The van der Waals surface area contributed by atoms with Crippen LogP contribution in [0.5, 0.6) is 0 Å². The van der Waals surface area contributed by atoms with Crippen molar-refractivity contribution in [3.8, 4) is 0 Å². The molecule has 3 amide bonds. The maximum atomic E-state index is 12.8. The molecule has 0 aromatic heterocycles. The molecule has 1 atom stereocenters. The van der Waals surface area contributed by atoms with E-state index in [2.05, 4.69) is 10.6 Å². The third-order valence-electron chi connectivity index (χ3n) is 5.00. The first-order valence-electron chi connectivity index (χ1n) is 9.48. The zero-order chi connectivity index (χ0) is 20.4. The molecule has 4 rings (SSSR count). The maximum absolute atomic E-state index is 12.8. The Balaban J connectivity index is 1.50. The summed E-state index contributed by atoms with van der Waals surface area (Å²) in [6.45, 7) is 1.77. The molecule has 0 unspecified atom stereocenters. The van der Waals surface area contributed by atoms with E-state index >= 15 is 0 Å². The van der Waals surface area contributed by atoms with Gasteiger partial charge in [0.15, 0.2) is 0 Å².